The molecule has 0 aliphatic heterocycles. The van der Waals surface area contributed by atoms with E-state index in [1.165, 1.54) is 0 Å². The summed E-state index contributed by atoms with van der Waals surface area (Å²) < 4.78 is 182. The molecule has 1 aromatic rings. The molecule has 186 valence electrons. The summed E-state index contributed by atoms with van der Waals surface area (Å²) in [5, 5.41) is 0. The van der Waals surface area contributed by atoms with E-state index in [4.69, 9.17) is 34.8 Å². The lowest BCUT2D eigenvalue weighted by atomic mass is 9.82. The second-order valence-corrected chi connectivity index (χ2v) is 9.75. The van der Waals surface area contributed by atoms with Crippen LogP contribution >= 0.6 is 57.4 Å². The molecular weight excluding hydrogens is 667 g/mol. The van der Waals surface area contributed by atoms with Gasteiger partial charge in [0.1, 0.15) is 0 Å². The van der Waals surface area contributed by atoms with Gasteiger partial charge in [0.25, 0.3) is 0 Å². The summed E-state index contributed by atoms with van der Waals surface area (Å²) in [6.45, 7) is 0. The van der Waals surface area contributed by atoms with Crippen molar-refractivity contribution < 1.29 is 61.5 Å². The van der Waals surface area contributed by atoms with Crippen LogP contribution in [0.25, 0.3) is 0 Å². The van der Waals surface area contributed by atoms with Gasteiger partial charge in [-0.25, -0.2) is 4.39 Å². The third-order valence-electron chi connectivity index (χ3n) is 3.84. The zero-order chi connectivity index (χ0) is 25.9. The minimum atomic E-state index is -7.37. The highest BCUT2D eigenvalue weighted by atomic mass is 127. The second-order valence-electron chi connectivity index (χ2n) is 6.08. The monoisotopic (exact) mass is 670 g/mol. The molecule has 0 fully saturated rings. The first-order valence-electron chi connectivity index (χ1n) is 7.26. The topological polar surface area (TPSA) is 0 Å². The number of hydrogen-bond acceptors (Lipinski definition) is 0. The molecule has 0 aliphatic rings. The largest absolute Gasteiger partial charge is 0.458 e. The molecule has 0 aliphatic carbocycles. The van der Waals surface area contributed by atoms with E-state index in [1.807, 2.05) is 0 Å². The fourth-order valence-electron chi connectivity index (χ4n) is 2.36. The lowest BCUT2D eigenvalue weighted by Crippen LogP contribution is -2.60. The first kappa shape index (κ1) is 29.9. The van der Waals surface area contributed by atoms with Gasteiger partial charge in [-0.05, 0) is 40.3 Å². The van der Waals surface area contributed by atoms with Gasteiger partial charge in [-0.15, -0.1) is 0 Å². The van der Waals surface area contributed by atoms with Gasteiger partial charge in [0.2, 0.25) is 0 Å². The Hall–Kier alpha value is -0.160. The third kappa shape index (κ3) is 5.24. The molecule has 0 aromatic heterocycles. The van der Waals surface area contributed by atoms with E-state index in [9.17, 15) is 61.5 Å². The van der Waals surface area contributed by atoms with Crippen LogP contribution < -0.4 is 0 Å². The Morgan fingerprint density at radius 3 is 1.41 bits per heavy atom. The van der Waals surface area contributed by atoms with Crippen LogP contribution in [0.1, 0.15) is 16.7 Å². The summed E-state index contributed by atoms with van der Waals surface area (Å²) in [5.74, 6) is -13.4. The van der Waals surface area contributed by atoms with Gasteiger partial charge in [-0.1, -0.05) is 34.8 Å². The van der Waals surface area contributed by atoms with Crippen LogP contribution in [-0.2, 0) is 18.0 Å². The Kier molecular flexibility index (Phi) is 7.93. The molecule has 0 amide bonds. The lowest BCUT2D eigenvalue weighted by Gasteiger charge is -2.38. The maximum absolute atomic E-state index is 14.9. The molecule has 1 aromatic carbocycles. The molecule has 0 bridgehead atoms. The zero-order valence-corrected chi connectivity index (χ0v) is 18.6. The van der Waals surface area contributed by atoms with Crippen LogP contribution in [0.4, 0.5) is 61.5 Å². The predicted octanol–water partition coefficient (Wildman–Crippen LogP) is 8.78. The fourth-order valence-corrected chi connectivity index (χ4v) is 3.58. The summed E-state index contributed by atoms with van der Waals surface area (Å²) in [5.41, 5.74) is -13.9. The second kappa shape index (κ2) is 8.50. The van der Waals surface area contributed by atoms with Crippen LogP contribution in [0.5, 0.6) is 0 Å². The van der Waals surface area contributed by atoms with Crippen LogP contribution in [0.15, 0.2) is 12.1 Å². The molecule has 0 saturated heterocycles. The van der Waals surface area contributed by atoms with Crippen molar-refractivity contribution in [1.29, 1.82) is 0 Å². The average molecular weight is 671 g/mol. The average Bonchev–Trinajstić information content (AvgIpc) is 2.51. The predicted molar refractivity (Wildman–Crippen MR) is 92.9 cm³/mol. The highest BCUT2D eigenvalue weighted by molar-refractivity contribution is 14.1. The van der Waals surface area contributed by atoms with Gasteiger partial charge in [0.05, 0.1) is 0 Å². The van der Waals surface area contributed by atoms with E-state index in [0.717, 1.165) is 0 Å². The normalized spacial score (nSPS) is 16.8. The Morgan fingerprint density at radius 1 is 0.656 bits per heavy atom. The van der Waals surface area contributed by atoms with Crippen molar-refractivity contribution in [3.05, 3.63) is 32.4 Å². The van der Waals surface area contributed by atoms with Crippen LogP contribution in [0.3, 0.4) is 0 Å². The molecule has 0 saturated carbocycles. The summed E-state index contributed by atoms with van der Waals surface area (Å²) in [4.78, 5) is 0. The first-order chi connectivity index (χ1) is 13.7. The van der Waals surface area contributed by atoms with Crippen molar-refractivity contribution >= 4 is 57.4 Å². The molecule has 32 heavy (non-hydrogen) atoms. The highest BCUT2D eigenvalue weighted by Gasteiger charge is 2.82. The molecule has 0 radical (unpaired) electrons. The van der Waals surface area contributed by atoms with Crippen molar-refractivity contribution in [3.63, 3.8) is 0 Å². The SMILES string of the molecule is FC(F)(F)C(F)(F)c1cc(I)c(CC(Cl)(Cl)Cl)c(C(F)(C(F)(F)F)C(F)(F)C(F)(F)F)c1. The minimum absolute atomic E-state index is 0.216. The Morgan fingerprint density at radius 2 is 1.09 bits per heavy atom. The fraction of sp³-hybridized carbons (Fsp3) is 0.571. The first-order valence-corrected chi connectivity index (χ1v) is 9.48. The van der Waals surface area contributed by atoms with Gasteiger partial charge in [-0.3, -0.25) is 0 Å². The van der Waals surface area contributed by atoms with Crippen LogP contribution in [0, 0.1) is 3.57 Å². The summed E-state index contributed by atoms with van der Waals surface area (Å²) >= 11 is 16.5. The van der Waals surface area contributed by atoms with E-state index < -0.39 is 72.6 Å². The standard InChI is InChI=1S/C14H4Cl3F14I/c15-8(16,17)3-5-6(1-4(2-7(5)32)10(19,20)13(26,27)28)9(18,12(23,24)25)11(21,22)14(29,30)31/h1-2H,3H2. The van der Waals surface area contributed by atoms with Gasteiger partial charge < -0.3 is 0 Å². The summed E-state index contributed by atoms with van der Waals surface area (Å²) in [6.07, 6.45) is -22.6. The quantitative estimate of drug-likeness (QED) is 0.171. The molecule has 1 unspecified atom stereocenters. The molecule has 0 nitrogen and oxygen atoms in total. The highest BCUT2D eigenvalue weighted by Crippen LogP contribution is 2.60. The summed E-state index contributed by atoms with van der Waals surface area (Å²) in [6, 6.07) is -1.32. The molecular formula is C14H4Cl3F14I. The van der Waals surface area contributed by atoms with E-state index >= 15 is 0 Å². The molecule has 1 atom stereocenters. The molecule has 0 spiro atoms. The van der Waals surface area contributed by atoms with Crippen molar-refractivity contribution in [2.75, 3.05) is 0 Å². The van der Waals surface area contributed by atoms with E-state index in [-0.39, 0.29) is 6.07 Å². The van der Waals surface area contributed by atoms with Gasteiger partial charge in [0.15, 0.2) is 3.79 Å². The minimum Gasteiger partial charge on any atom is -0.221 e. The molecule has 1 rings (SSSR count). The van der Waals surface area contributed by atoms with Crippen molar-refractivity contribution in [3.8, 4) is 0 Å². The van der Waals surface area contributed by atoms with E-state index in [0.29, 0.717) is 22.6 Å². The van der Waals surface area contributed by atoms with Gasteiger partial charge >= 0.3 is 36.0 Å². The number of alkyl halides is 17. The lowest BCUT2D eigenvalue weighted by molar-refractivity contribution is -0.389. The summed E-state index contributed by atoms with van der Waals surface area (Å²) in [7, 11) is 0. The Bertz CT molecular complexity index is 852. The van der Waals surface area contributed by atoms with E-state index in [2.05, 4.69) is 0 Å². The van der Waals surface area contributed by atoms with E-state index in [1.54, 1.807) is 0 Å². The molecule has 18 heteroatoms. The maximum Gasteiger partial charge on any atom is 0.458 e. The third-order valence-corrected chi connectivity index (χ3v) is 5.21. The van der Waals surface area contributed by atoms with Crippen molar-refractivity contribution in [2.45, 2.75) is 46.3 Å². The number of rotatable bonds is 4. The maximum atomic E-state index is 14.9. The molecule has 0 N–H and O–H groups in total. The Labute approximate surface area is 197 Å². The number of halogens is 18. The van der Waals surface area contributed by atoms with Crippen LogP contribution in [-0.4, -0.2) is 28.2 Å². The van der Waals surface area contributed by atoms with Crippen molar-refractivity contribution in [1.82, 2.24) is 0 Å². The van der Waals surface area contributed by atoms with Crippen molar-refractivity contribution in [2.24, 2.45) is 0 Å². The molecule has 0 heterocycles. The van der Waals surface area contributed by atoms with Gasteiger partial charge in [0, 0.05) is 21.1 Å². The zero-order valence-electron chi connectivity index (χ0n) is 14.2. The number of hydrogen-bond donors (Lipinski definition) is 0. The van der Waals surface area contributed by atoms with Gasteiger partial charge in [-0.2, -0.15) is 57.1 Å². The smallest absolute Gasteiger partial charge is 0.221 e. The Balaban J connectivity index is 4.25. The van der Waals surface area contributed by atoms with Crippen LogP contribution in [0.2, 0.25) is 0 Å². The number of benzene rings is 1.